The minimum atomic E-state index is -0.652. The largest absolute Gasteiger partial charge is 0.489 e. The highest BCUT2D eigenvalue weighted by atomic mass is 19.1. The Balaban J connectivity index is 1.55. The number of carbonyl (C=O) groups excluding carboxylic acids is 1. The Hall–Kier alpha value is -3.22. The highest BCUT2D eigenvalue weighted by Crippen LogP contribution is 2.24. The number of rotatable bonds is 6. The van der Waals surface area contributed by atoms with E-state index >= 15 is 0 Å². The molecular weight excluding hydrogens is 378 g/mol. The van der Waals surface area contributed by atoms with Gasteiger partial charge in [-0.15, -0.1) is 0 Å². The third kappa shape index (κ3) is 5.40. The number of hydrogen-bond acceptors (Lipinski definition) is 4. The molecule has 0 aliphatic heterocycles. The molecule has 0 aliphatic rings. The minimum Gasteiger partial charge on any atom is -0.489 e. The summed E-state index contributed by atoms with van der Waals surface area (Å²) in [5.41, 5.74) is 0.432. The Labute approximate surface area is 167 Å². The molecule has 3 aromatic rings. The quantitative estimate of drug-likeness (QED) is 0.632. The molecule has 0 fully saturated rings. The van der Waals surface area contributed by atoms with Gasteiger partial charge in [-0.3, -0.25) is 4.79 Å². The number of nitrogens with one attached hydrogen (secondary N) is 1. The summed E-state index contributed by atoms with van der Waals surface area (Å²) in [6.45, 7) is 5.75. The lowest BCUT2D eigenvalue weighted by Crippen LogP contribution is -2.14. The van der Waals surface area contributed by atoms with Crippen LogP contribution in [0.3, 0.4) is 0 Å². The molecule has 0 aliphatic carbocycles. The monoisotopic (exact) mass is 400 g/mol. The summed E-state index contributed by atoms with van der Waals surface area (Å²) in [6, 6.07) is 12.1. The first-order valence-corrected chi connectivity index (χ1v) is 9.14. The van der Waals surface area contributed by atoms with Crippen LogP contribution in [0, 0.1) is 11.6 Å². The van der Waals surface area contributed by atoms with Crippen molar-refractivity contribution in [3.63, 3.8) is 0 Å². The highest BCUT2D eigenvalue weighted by molar-refractivity contribution is 5.91. The normalized spacial score (nSPS) is 11.3. The number of aromatic nitrogens is 1. The van der Waals surface area contributed by atoms with Crippen molar-refractivity contribution >= 4 is 11.7 Å². The van der Waals surface area contributed by atoms with E-state index in [1.807, 2.05) is 20.8 Å². The molecule has 2 aromatic carbocycles. The summed E-state index contributed by atoms with van der Waals surface area (Å²) in [5.74, 6) is -0.0436. The van der Waals surface area contributed by atoms with Crippen LogP contribution in [0.4, 0.5) is 14.6 Å². The Morgan fingerprint density at radius 2 is 1.76 bits per heavy atom. The maximum absolute atomic E-state index is 13.6. The third-order valence-electron chi connectivity index (χ3n) is 4.25. The molecule has 152 valence electrons. The lowest BCUT2D eigenvalue weighted by atomic mass is 9.93. The molecule has 0 spiro atoms. The molecular formula is C22H22F2N2O3. The molecule has 5 nitrogen and oxygen atoms in total. The first-order valence-electron chi connectivity index (χ1n) is 9.14. The molecule has 0 saturated heterocycles. The van der Waals surface area contributed by atoms with Gasteiger partial charge in [0.25, 0.3) is 0 Å². The summed E-state index contributed by atoms with van der Waals surface area (Å²) >= 11 is 0. The second-order valence-corrected chi connectivity index (χ2v) is 7.68. The molecule has 7 heteroatoms. The first kappa shape index (κ1) is 20.5. The molecule has 1 N–H and O–H groups in total. The number of anilines is 1. The minimum absolute atomic E-state index is 0.127. The van der Waals surface area contributed by atoms with Crippen molar-refractivity contribution in [2.75, 3.05) is 5.32 Å². The van der Waals surface area contributed by atoms with E-state index in [0.29, 0.717) is 17.3 Å². The standard InChI is InChI=1S/C22H22F2N2O3/c1-22(2,3)19-12-20(26-29-19)25-21(27)11-14-7-9-15(10-8-14)28-13-16-17(23)5-4-6-18(16)24/h4-10,12H,11,13H2,1-3H3,(H,25,26,27). The fourth-order valence-corrected chi connectivity index (χ4v) is 2.59. The number of amides is 1. The summed E-state index contributed by atoms with van der Waals surface area (Å²) in [4.78, 5) is 12.2. The number of carbonyl (C=O) groups is 1. The van der Waals surface area contributed by atoms with Crippen molar-refractivity contribution in [2.45, 2.75) is 39.2 Å². The Kier molecular flexibility index (Phi) is 5.96. The van der Waals surface area contributed by atoms with Crippen LogP contribution in [0.1, 0.15) is 37.7 Å². The van der Waals surface area contributed by atoms with E-state index in [4.69, 9.17) is 9.26 Å². The molecule has 1 heterocycles. The number of halogens is 2. The Morgan fingerprint density at radius 1 is 1.10 bits per heavy atom. The second kappa shape index (κ2) is 8.43. The van der Waals surface area contributed by atoms with Crippen LogP contribution in [0.2, 0.25) is 0 Å². The van der Waals surface area contributed by atoms with Crippen LogP contribution < -0.4 is 10.1 Å². The molecule has 1 aromatic heterocycles. The van der Waals surface area contributed by atoms with Crippen LogP contribution >= 0.6 is 0 Å². The van der Waals surface area contributed by atoms with Gasteiger partial charge in [-0.2, -0.15) is 0 Å². The van der Waals surface area contributed by atoms with Crippen molar-refractivity contribution < 1.29 is 22.8 Å². The molecule has 0 saturated carbocycles. The predicted octanol–water partition coefficient (Wildman–Crippen LogP) is 5.01. The van der Waals surface area contributed by atoms with E-state index in [1.54, 1.807) is 30.3 Å². The van der Waals surface area contributed by atoms with E-state index in [0.717, 1.165) is 5.56 Å². The molecule has 0 atom stereocenters. The fraction of sp³-hybridized carbons (Fsp3) is 0.273. The third-order valence-corrected chi connectivity index (χ3v) is 4.25. The number of nitrogens with zero attached hydrogens (tertiary/aromatic N) is 1. The Morgan fingerprint density at radius 3 is 2.34 bits per heavy atom. The van der Waals surface area contributed by atoms with E-state index < -0.39 is 11.6 Å². The van der Waals surface area contributed by atoms with Gasteiger partial charge in [-0.05, 0) is 29.8 Å². The summed E-state index contributed by atoms with van der Waals surface area (Å²) in [7, 11) is 0. The topological polar surface area (TPSA) is 64.4 Å². The zero-order valence-corrected chi connectivity index (χ0v) is 16.5. The van der Waals surface area contributed by atoms with Gasteiger partial charge in [0.05, 0.1) is 12.0 Å². The summed E-state index contributed by atoms with van der Waals surface area (Å²) in [5, 5.41) is 6.56. The lowest BCUT2D eigenvalue weighted by molar-refractivity contribution is -0.115. The van der Waals surface area contributed by atoms with Crippen molar-refractivity contribution in [3.05, 3.63) is 77.1 Å². The van der Waals surface area contributed by atoms with Gasteiger partial charge < -0.3 is 14.6 Å². The van der Waals surface area contributed by atoms with Gasteiger partial charge >= 0.3 is 0 Å². The number of benzene rings is 2. The summed E-state index contributed by atoms with van der Waals surface area (Å²) in [6.07, 6.45) is 0.139. The second-order valence-electron chi connectivity index (χ2n) is 7.68. The van der Waals surface area contributed by atoms with E-state index in [-0.39, 0.29) is 29.9 Å². The average Bonchev–Trinajstić information content (AvgIpc) is 3.11. The van der Waals surface area contributed by atoms with Crippen LogP contribution in [-0.2, 0) is 23.2 Å². The molecule has 1 amide bonds. The molecule has 29 heavy (non-hydrogen) atoms. The maximum atomic E-state index is 13.6. The molecule has 0 radical (unpaired) electrons. The van der Waals surface area contributed by atoms with Gasteiger partial charge in [0.15, 0.2) is 5.82 Å². The average molecular weight is 400 g/mol. The zero-order chi connectivity index (χ0) is 21.0. The lowest BCUT2D eigenvalue weighted by Gasteiger charge is -2.12. The Bertz CT molecular complexity index is 972. The van der Waals surface area contributed by atoms with Crippen LogP contribution in [-0.4, -0.2) is 11.1 Å². The summed E-state index contributed by atoms with van der Waals surface area (Å²) < 4.78 is 37.9. The van der Waals surface area contributed by atoms with Crippen LogP contribution in [0.5, 0.6) is 5.75 Å². The van der Waals surface area contributed by atoms with Gasteiger partial charge in [-0.25, -0.2) is 8.78 Å². The SMILES string of the molecule is CC(C)(C)c1cc(NC(=O)Cc2ccc(OCc3c(F)cccc3F)cc2)no1. The maximum Gasteiger partial charge on any atom is 0.230 e. The first-order chi connectivity index (χ1) is 13.7. The molecule has 0 bridgehead atoms. The fourth-order valence-electron chi connectivity index (χ4n) is 2.59. The predicted molar refractivity (Wildman–Crippen MR) is 105 cm³/mol. The van der Waals surface area contributed by atoms with Crippen molar-refractivity contribution in [3.8, 4) is 5.75 Å². The van der Waals surface area contributed by atoms with E-state index in [2.05, 4.69) is 10.5 Å². The van der Waals surface area contributed by atoms with Crippen LogP contribution in [0.15, 0.2) is 53.1 Å². The van der Waals surface area contributed by atoms with Crippen molar-refractivity contribution in [1.29, 1.82) is 0 Å². The van der Waals surface area contributed by atoms with E-state index in [1.165, 1.54) is 18.2 Å². The smallest absolute Gasteiger partial charge is 0.230 e. The van der Waals surface area contributed by atoms with Gasteiger partial charge in [0.1, 0.15) is 29.8 Å². The van der Waals surface area contributed by atoms with Crippen molar-refractivity contribution in [2.24, 2.45) is 0 Å². The zero-order valence-electron chi connectivity index (χ0n) is 16.5. The highest BCUT2D eigenvalue weighted by Gasteiger charge is 2.20. The van der Waals surface area contributed by atoms with Crippen molar-refractivity contribution in [1.82, 2.24) is 5.16 Å². The van der Waals surface area contributed by atoms with Crippen LogP contribution in [0.25, 0.3) is 0 Å². The van der Waals surface area contributed by atoms with Gasteiger partial charge in [0.2, 0.25) is 5.91 Å². The molecule has 3 rings (SSSR count). The van der Waals surface area contributed by atoms with E-state index in [9.17, 15) is 13.6 Å². The van der Waals surface area contributed by atoms with Gasteiger partial charge in [0, 0.05) is 11.5 Å². The number of ether oxygens (including phenoxy) is 1. The van der Waals surface area contributed by atoms with Gasteiger partial charge in [-0.1, -0.05) is 44.1 Å². The number of hydrogen-bond donors (Lipinski definition) is 1. The molecule has 0 unspecified atom stereocenters.